The van der Waals surface area contributed by atoms with Gasteiger partial charge in [0.25, 0.3) is 0 Å². The first-order chi connectivity index (χ1) is 10.9. The van der Waals surface area contributed by atoms with Gasteiger partial charge in [-0.05, 0) is 42.8 Å². The summed E-state index contributed by atoms with van der Waals surface area (Å²) in [6.45, 7) is 3.45. The standard InChI is InChI=1S/C17H18ClN3O2/c1-11-6-7-15(20-12(2)22)16(8-11)19-10-17(23)21-14-5-3-4-13(18)9-14/h3-9,19H,10H2,1-2H3,(H,20,22)(H,21,23). The van der Waals surface area contributed by atoms with Crippen molar-refractivity contribution in [1.82, 2.24) is 0 Å². The lowest BCUT2D eigenvalue weighted by atomic mass is 10.2. The second-order valence-corrected chi connectivity index (χ2v) is 5.58. The summed E-state index contributed by atoms with van der Waals surface area (Å²) in [5, 5.41) is 9.08. The van der Waals surface area contributed by atoms with E-state index < -0.39 is 0 Å². The van der Waals surface area contributed by atoms with E-state index in [1.807, 2.05) is 19.1 Å². The van der Waals surface area contributed by atoms with E-state index in [9.17, 15) is 9.59 Å². The summed E-state index contributed by atoms with van der Waals surface area (Å²) in [4.78, 5) is 23.2. The second kappa shape index (κ2) is 7.65. The molecule has 2 rings (SSSR count). The van der Waals surface area contributed by atoms with Gasteiger partial charge in [-0.3, -0.25) is 9.59 Å². The molecule has 0 fully saturated rings. The molecule has 0 saturated carbocycles. The Balaban J connectivity index is 2.01. The molecule has 2 aromatic carbocycles. The molecule has 0 aromatic heterocycles. The van der Waals surface area contributed by atoms with E-state index in [-0.39, 0.29) is 18.4 Å². The molecule has 0 aliphatic heterocycles. The third-order valence-electron chi connectivity index (χ3n) is 3.03. The summed E-state index contributed by atoms with van der Waals surface area (Å²) < 4.78 is 0. The van der Waals surface area contributed by atoms with Crippen molar-refractivity contribution in [1.29, 1.82) is 0 Å². The molecule has 0 aliphatic carbocycles. The maximum absolute atomic E-state index is 12.0. The van der Waals surface area contributed by atoms with Crippen LogP contribution in [0.1, 0.15) is 12.5 Å². The van der Waals surface area contributed by atoms with E-state index in [2.05, 4.69) is 16.0 Å². The number of anilines is 3. The average Bonchev–Trinajstić information content (AvgIpc) is 2.47. The Morgan fingerprint density at radius 2 is 1.83 bits per heavy atom. The van der Waals surface area contributed by atoms with Crippen LogP contribution in [0.5, 0.6) is 0 Å². The molecule has 0 atom stereocenters. The molecule has 0 bridgehead atoms. The summed E-state index contributed by atoms with van der Waals surface area (Å²) in [6, 6.07) is 12.5. The second-order valence-electron chi connectivity index (χ2n) is 5.14. The number of aryl methyl sites for hydroxylation is 1. The fourth-order valence-electron chi connectivity index (χ4n) is 2.05. The van der Waals surface area contributed by atoms with Crippen LogP contribution < -0.4 is 16.0 Å². The highest BCUT2D eigenvalue weighted by Crippen LogP contribution is 2.23. The summed E-state index contributed by atoms with van der Waals surface area (Å²) in [6.07, 6.45) is 0. The first-order valence-corrected chi connectivity index (χ1v) is 7.49. The lowest BCUT2D eigenvalue weighted by Gasteiger charge is -2.13. The Hall–Kier alpha value is -2.53. The molecule has 0 aliphatic rings. The van der Waals surface area contributed by atoms with Gasteiger partial charge >= 0.3 is 0 Å². The number of carbonyl (C=O) groups is 2. The molecule has 2 aromatic rings. The van der Waals surface area contributed by atoms with Crippen LogP contribution in [0.25, 0.3) is 0 Å². The molecule has 0 saturated heterocycles. The minimum absolute atomic E-state index is 0.0720. The zero-order valence-electron chi connectivity index (χ0n) is 12.9. The maximum Gasteiger partial charge on any atom is 0.243 e. The third kappa shape index (κ3) is 5.30. The first kappa shape index (κ1) is 16.8. The average molecular weight is 332 g/mol. The quantitative estimate of drug-likeness (QED) is 0.783. The molecule has 0 spiro atoms. The van der Waals surface area contributed by atoms with Crippen LogP contribution >= 0.6 is 11.6 Å². The van der Waals surface area contributed by atoms with Crippen LogP contribution in [-0.2, 0) is 9.59 Å². The van der Waals surface area contributed by atoms with Gasteiger partial charge in [0.05, 0.1) is 17.9 Å². The van der Waals surface area contributed by atoms with Gasteiger partial charge in [-0.2, -0.15) is 0 Å². The minimum atomic E-state index is -0.206. The Kier molecular flexibility index (Phi) is 5.60. The van der Waals surface area contributed by atoms with Gasteiger partial charge in [-0.25, -0.2) is 0 Å². The molecule has 120 valence electrons. The number of hydrogen-bond acceptors (Lipinski definition) is 3. The summed E-state index contributed by atoms with van der Waals surface area (Å²) in [5.74, 6) is -0.372. The maximum atomic E-state index is 12.0. The molecular weight excluding hydrogens is 314 g/mol. The number of hydrogen-bond donors (Lipinski definition) is 3. The lowest BCUT2D eigenvalue weighted by Crippen LogP contribution is -2.22. The minimum Gasteiger partial charge on any atom is -0.374 e. The topological polar surface area (TPSA) is 70.2 Å². The predicted molar refractivity (Wildman–Crippen MR) is 94.1 cm³/mol. The van der Waals surface area contributed by atoms with Crippen molar-refractivity contribution in [3.8, 4) is 0 Å². The number of halogens is 1. The van der Waals surface area contributed by atoms with Crippen molar-refractivity contribution in [3.05, 3.63) is 53.1 Å². The number of benzene rings is 2. The molecule has 0 unspecified atom stereocenters. The summed E-state index contributed by atoms with van der Waals surface area (Å²) in [5.41, 5.74) is 2.99. The van der Waals surface area contributed by atoms with Crippen LogP contribution in [0.15, 0.2) is 42.5 Å². The van der Waals surface area contributed by atoms with Crippen LogP contribution in [0.2, 0.25) is 5.02 Å². The Morgan fingerprint density at radius 3 is 2.52 bits per heavy atom. The van der Waals surface area contributed by atoms with Crippen molar-refractivity contribution < 1.29 is 9.59 Å². The van der Waals surface area contributed by atoms with Gasteiger partial charge in [0.1, 0.15) is 0 Å². The summed E-state index contributed by atoms with van der Waals surface area (Å²) >= 11 is 5.88. The van der Waals surface area contributed by atoms with Crippen molar-refractivity contribution >= 4 is 40.5 Å². The molecule has 3 N–H and O–H groups in total. The Morgan fingerprint density at radius 1 is 1.04 bits per heavy atom. The van der Waals surface area contributed by atoms with Gasteiger partial charge < -0.3 is 16.0 Å². The van der Waals surface area contributed by atoms with Crippen molar-refractivity contribution in [3.63, 3.8) is 0 Å². The number of amides is 2. The Labute approximate surface area is 140 Å². The largest absolute Gasteiger partial charge is 0.374 e. The lowest BCUT2D eigenvalue weighted by molar-refractivity contribution is -0.115. The zero-order valence-corrected chi connectivity index (χ0v) is 13.7. The van der Waals surface area contributed by atoms with E-state index in [0.717, 1.165) is 5.56 Å². The molecule has 2 amide bonds. The number of carbonyl (C=O) groups excluding carboxylic acids is 2. The van der Waals surface area contributed by atoms with Crippen molar-refractivity contribution in [2.45, 2.75) is 13.8 Å². The Bertz CT molecular complexity index is 732. The van der Waals surface area contributed by atoms with Crippen LogP contribution in [-0.4, -0.2) is 18.4 Å². The van der Waals surface area contributed by atoms with Gasteiger partial charge in [0, 0.05) is 17.6 Å². The predicted octanol–water partition coefficient (Wildman–Crippen LogP) is 3.66. The molecular formula is C17H18ClN3O2. The molecule has 0 heterocycles. The normalized spacial score (nSPS) is 10.0. The summed E-state index contributed by atoms with van der Waals surface area (Å²) in [7, 11) is 0. The molecule has 6 heteroatoms. The monoisotopic (exact) mass is 331 g/mol. The van der Waals surface area contributed by atoms with Crippen LogP contribution in [0, 0.1) is 6.92 Å². The van der Waals surface area contributed by atoms with Gasteiger partial charge in [0.2, 0.25) is 11.8 Å². The van der Waals surface area contributed by atoms with Crippen molar-refractivity contribution in [2.75, 3.05) is 22.5 Å². The number of nitrogens with one attached hydrogen (secondary N) is 3. The zero-order chi connectivity index (χ0) is 16.8. The molecule has 0 radical (unpaired) electrons. The SMILES string of the molecule is CC(=O)Nc1ccc(C)cc1NCC(=O)Nc1cccc(Cl)c1. The van der Waals surface area contributed by atoms with E-state index in [1.165, 1.54) is 6.92 Å². The van der Waals surface area contributed by atoms with E-state index in [4.69, 9.17) is 11.6 Å². The van der Waals surface area contributed by atoms with Gasteiger partial charge in [0.15, 0.2) is 0 Å². The fourth-order valence-corrected chi connectivity index (χ4v) is 2.24. The smallest absolute Gasteiger partial charge is 0.243 e. The fraction of sp³-hybridized carbons (Fsp3) is 0.176. The van der Waals surface area contributed by atoms with E-state index >= 15 is 0 Å². The highest BCUT2D eigenvalue weighted by atomic mass is 35.5. The molecule has 5 nitrogen and oxygen atoms in total. The first-order valence-electron chi connectivity index (χ1n) is 7.11. The van der Waals surface area contributed by atoms with Crippen LogP contribution in [0.3, 0.4) is 0 Å². The van der Waals surface area contributed by atoms with E-state index in [1.54, 1.807) is 30.3 Å². The number of rotatable bonds is 5. The highest BCUT2D eigenvalue weighted by molar-refractivity contribution is 6.30. The third-order valence-corrected chi connectivity index (χ3v) is 3.27. The molecule has 23 heavy (non-hydrogen) atoms. The van der Waals surface area contributed by atoms with Crippen LogP contribution in [0.4, 0.5) is 17.1 Å². The van der Waals surface area contributed by atoms with Crippen molar-refractivity contribution in [2.24, 2.45) is 0 Å². The highest BCUT2D eigenvalue weighted by Gasteiger charge is 2.07. The van der Waals surface area contributed by atoms with Gasteiger partial charge in [-0.1, -0.05) is 23.7 Å². The van der Waals surface area contributed by atoms with Gasteiger partial charge in [-0.15, -0.1) is 0 Å². The van der Waals surface area contributed by atoms with E-state index in [0.29, 0.717) is 22.1 Å².